The van der Waals surface area contributed by atoms with Gasteiger partial charge in [-0.1, -0.05) is 133 Å². The fourth-order valence-corrected chi connectivity index (χ4v) is 5.50. The Morgan fingerprint density at radius 1 is 0.531 bits per heavy atom. The van der Waals surface area contributed by atoms with Gasteiger partial charge in [-0.3, -0.25) is 14.1 Å². The van der Waals surface area contributed by atoms with Crippen molar-refractivity contribution in [3.05, 3.63) is 48.6 Å². The number of allylic oxidation sites excluding steroid dienone is 8. The quantitative estimate of drug-likeness (QED) is 0.0289. The van der Waals surface area contributed by atoms with Gasteiger partial charge in [0.1, 0.15) is 6.61 Å². The molecular formula is C40H71O8P. The van der Waals surface area contributed by atoms with Crippen LogP contribution in [0, 0.1) is 0 Å². The number of phosphoric acid groups is 1. The minimum Gasteiger partial charge on any atom is -0.462 e. The normalized spacial score (nSPS) is 13.0. The van der Waals surface area contributed by atoms with Crippen LogP contribution in [0.5, 0.6) is 0 Å². The summed E-state index contributed by atoms with van der Waals surface area (Å²) in [7, 11) is -4.76. The molecule has 0 rings (SSSR count). The van der Waals surface area contributed by atoms with Crippen molar-refractivity contribution in [3.63, 3.8) is 0 Å². The summed E-state index contributed by atoms with van der Waals surface area (Å²) in [5, 5.41) is 0. The average molecular weight is 711 g/mol. The molecule has 0 radical (unpaired) electrons. The number of carbonyl (C=O) groups excluding carboxylic acids is 2. The molecule has 0 aromatic rings. The van der Waals surface area contributed by atoms with Crippen LogP contribution in [0.15, 0.2) is 48.6 Å². The summed E-state index contributed by atoms with van der Waals surface area (Å²) < 4.78 is 26.3. The van der Waals surface area contributed by atoms with Crippen LogP contribution in [0.2, 0.25) is 0 Å². The van der Waals surface area contributed by atoms with E-state index in [0.29, 0.717) is 12.8 Å². The topological polar surface area (TPSA) is 119 Å². The molecule has 0 fully saturated rings. The van der Waals surface area contributed by atoms with E-state index in [1.807, 2.05) is 0 Å². The molecular weight excluding hydrogens is 639 g/mol. The Kier molecular flexibility index (Phi) is 34.4. The number of hydrogen-bond acceptors (Lipinski definition) is 6. The number of hydrogen-bond donors (Lipinski definition) is 2. The highest BCUT2D eigenvalue weighted by Crippen LogP contribution is 2.36. The SMILES string of the molecule is CCCCC/C=C/C/C=C/C/C=C/CCCCCCC(=O)O[C@H](COC(=O)CCCCCCC/C=C/CCCCCCC)COP(=O)(O)O. The second-order valence-corrected chi connectivity index (χ2v) is 14.1. The smallest absolute Gasteiger partial charge is 0.462 e. The summed E-state index contributed by atoms with van der Waals surface area (Å²) in [5.41, 5.74) is 0. The largest absolute Gasteiger partial charge is 0.469 e. The van der Waals surface area contributed by atoms with Crippen molar-refractivity contribution in [2.75, 3.05) is 13.2 Å². The molecule has 0 saturated heterocycles. The standard InChI is InChI=1S/C40H71O8P/c1-3-5-7-9-11-13-15-17-19-20-21-23-25-27-29-31-33-35-40(42)48-38(37-47-49(43,44)45)36-46-39(41)34-32-30-28-26-24-22-18-16-14-12-10-8-6-4-2/h11,13,16-19,21,23,38H,3-10,12,14-15,20,22,24-37H2,1-2H3,(H2,43,44,45)/b13-11+,18-16+,19-17+,23-21+/t38-/m1/s1. The first kappa shape index (κ1) is 47.0. The van der Waals surface area contributed by atoms with Gasteiger partial charge in [-0.2, -0.15) is 0 Å². The maximum Gasteiger partial charge on any atom is 0.469 e. The Bertz CT molecular complexity index is 937. The Balaban J connectivity index is 4.03. The van der Waals surface area contributed by atoms with Crippen LogP contribution in [0.25, 0.3) is 0 Å². The van der Waals surface area contributed by atoms with E-state index < -0.39 is 32.5 Å². The fraction of sp³-hybridized carbons (Fsp3) is 0.750. The molecule has 0 spiro atoms. The second-order valence-electron chi connectivity index (χ2n) is 12.9. The van der Waals surface area contributed by atoms with Crippen molar-refractivity contribution in [2.45, 2.75) is 180 Å². The molecule has 1 atom stereocenters. The zero-order chi connectivity index (χ0) is 36.1. The first-order chi connectivity index (χ1) is 23.8. The average Bonchev–Trinajstić information content (AvgIpc) is 3.07. The van der Waals surface area contributed by atoms with Crippen molar-refractivity contribution >= 4 is 19.8 Å². The van der Waals surface area contributed by atoms with Gasteiger partial charge in [-0.25, -0.2) is 4.57 Å². The third-order valence-corrected chi connectivity index (χ3v) is 8.56. The third kappa shape index (κ3) is 38.7. The molecule has 9 heteroatoms. The number of rotatable bonds is 35. The number of ether oxygens (including phenoxy) is 2. The van der Waals surface area contributed by atoms with Gasteiger partial charge in [0.15, 0.2) is 6.10 Å². The van der Waals surface area contributed by atoms with Crippen LogP contribution < -0.4 is 0 Å². The van der Waals surface area contributed by atoms with Crippen LogP contribution >= 0.6 is 7.82 Å². The Labute approximate surface area is 299 Å². The highest BCUT2D eigenvalue weighted by atomic mass is 31.2. The van der Waals surface area contributed by atoms with Gasteiger partial charge in [0.05, 0.1) is 6.61 Å². The molecule has 0 aromatic carbocycles. The maximum atomic E-state index is 12.4. The summed E-state index contributed by atoms with van der Waals surface area (Å²) in [5.74, 6) is -0.922. The van der Waals surface area contributed by atoms with Gasteiger partial charge >= 0.3 is 19.8 Å². The first-order valence-electron chi connectivity index (χ1n) is 19.4. The van der Waals surface area contributed by atoms with E-state index in [1.165, 1.54) is 64.2 Å². The summed E-state index contributed by atoms with van der Waals surface area (Å²) in [6, 6.07) is 0. The van der Waals surface area contributed by atoms with Crippen LogP contribution in [0.4, 0.5) is 0 Å². The molecule has 8 nitrogen and oxygen atoms in total. The molecule has 0 bridgehead atoms. The zero-order valence-corrected chi connectivity index (χ0v) is 32.0. The molecule has 0 heterocycles. The lowest BCUT2D eigenvalue weighted by molar-refractivity contribution is -0.161. The number of phosphoric ester groups is 1. The van der Waals surface area contributed by atoms with Crippen molar-refractivity contribution in [3.8, 4) is 0 Å². The first-order valence-corrected chi connectivity index (χ1v) is 21.0. The highest BCUT2D eigenvalue weighted by molar-refractivity contribution is 7.46. The van der Waals surface area contributed by atoms with Gasteiger partial charge in [0, 0.05) is 12.8 Å². The lowest BCUT2D eigenvalue weighted by atomic mass is 10.1. The highest BCUT2D eigenvalue weighted by Gasteiger charge is 2.22. The number of esters is 2. The van der Waals surface area contributed by atoms with E-state index in [-0.39, 0.29) is 19.4 Å². The van der Waals surface area contributed by atoms with E-state index >= 15 is 0 Å². The summed E-state index contributed by atoms with van der Waals surface area (Å²) >= 11 is 0. The Hall–Kier alpha value is -1.99. The number of carbonyl (C=O) groups is 2. The van der Waals surface area contributed by atoms with Crippen LogP contribution in [0.1, 0.15) is 174 Å². The van der Waals surface area contributed by atoms with E-state index in [1.54, 1.807) is 0 Å². The van der Waals surface area contributed by atoms with E-state index in [9.17, 15) is 14.2 Å². The minimum atomic E-state index is -4.76. The minimum absolute atomic E-state index is 0.183. The Morgan fingerprint density at radius 3 is 1.43 bits per heavy atom. The van der Waals surface area contributed by atoms with Gasteiger partial charge in [0.25, 0.3) is 0 Å². The van der Waals surface area contributed by atoms with Crippen molar-refractivity contribution in [1.82, 2.24) is 0 Å². The fourth-order valence-electron chi connectivity index (χ4n) is 5.14. The lowest BCUT2D eigenvalue weighted by Crippen LogP contribution is -2.29. The van der Waals surface area contributed by atoms with Crippen molar-refractivity contribution in [1.29, 1.82) is 0 Å². The van der Waals surface area contributed by atoms with Crippen molar-refractivity contribution < 1.29 is 37.9 Å². The van der Waals surface area contributed by atoms with Crippen LogP contribution in [-0.4, -0.2) is 41.0 Å². The van der Waals surface area contributed by atoms with Gasteiger partial charge in [-0.05, 0) is 77.0 Å². The molecule has 49 heavy (non-hydrogen) atoms. The molecule has 0 aliphatic rings. The maximum absolute atomic E-state index is 12.4. The summed E-state index contributed by atoms with van der Waals surface area (Å²) in [6.45, 7) is 3.61. The van der Waals surface area contributed by atoms with Crippen LogP contribution in [-0.2, 0) is 28.2 Å². The summed E-state index contributed by atoms with van der Waals surface area (Å²) in [4.78, 5) is 42.7. The van der Waals surface area contributed by atoms with Gasteiger partial charge < -0.3 is 19.3 Å². The lowest BCUT2D eigenvalue weighted by Gasteiger charge is -2.18. The zero-order valence-electron chi connectivity index (χ0n) is 31.1. The predicted octanol–water partition coefficient (Wildman–Crippen LogP) is 11.6. The molecule has 0 saturated carbocycles. The predicted molar refractivity (Wildman–Crippen MR) is 202 cm³/mol. The third-order valence-electron chi connectivity index (χ3n) is 8.07. The van der Waals surface area contributed by atoms with Crippen LogP contribution in [0.3, 0.4) is 0 Å². The van der Waals surface area contributed by atoms with E-state index in [4.69, 9.17) is 19.3 Å². The van der Waals surface area contributed by atoms with E-state index in [2.05, 4.69) is 67.0 Å². The van der Waals surface area contributed by atoms with Gasteiger partial charge in [0.2, 0.25) is 0 Å². The van der Waals surface area contributed by atoms with Gasteiger partial charge in [-0.15, -0.1) is 0 Å². The molecule has 0 amide bonds. The van der Waals surface area contributed by atoms with E-state index in [0.717, 1.165) is 70.6 Å². The molecule has 0 unspecified atom stereocenters. The van der Waals surface area contributed by atoms with Crippen molar-refractivity contribution in [2.24, 2.45) is 0 Å². The molecule has 0 aromatic heterocycles. The molecule has 2 N–H and O–H groups in total. The summed E-state index contributed by atoms with van der Waals surface area (Å²) in [6.07, 6.45) is 42.5. The second kappa shape index (κ2) is 35.8. The number of unbranched alkanes of at least 4 members (excludes halogenated alkanes) is 17. The Morgan fingerprint density at radius 2 is 0.918 bits per heavy atom. The molecule has 0 aliphatic heterocycles. The monoisotopic (exact) mass is 710 g/mol. The molecule has 284 valence electrons. The molecule has 0 aliphatic carbocycles.